The normalized spacial score (nSPS) is 16.9. The summed E-state index contributed by atoms with van der Waals surface area (Å²) in [5.41, 5.74) is 13.1. The molecule has 1 nitrogen and oxygen atoms in total. The zero-order valence-corrected chi connectivity index (χ0v) is 12.6. The van der Waals surface area contributed by atoms with Gasteiger partial charge < -0.3 is 5.73 Å². The van der Waals surface area contributed by atoms with Crippen molar-refractivity contribution in [2.75, 3.05) is 6.54 Å². The molecule has 0 amide bonds. The van der Waals surface area contributed by atoms with Gasteiger partial charge >= 0.3 is 0 Å². The molecule has 0 bridgehead atoms. The van der Waals surface area contributed by atoms with Gasteiger partial charge in [-0.2, -0.15) is 0 Å². The predicted molar refractivity (Wildman–Crippen MR) is 86.1 cm³/mol. The van der Waals surface area contributed by atoms with Crippen LogP contribution in [0.4, 0.5) is 0 Å². The summed E-state index contributed by atoms with van der Waals surface area (Å²) in [5, 5.41) is 0. The van der Waals surface area contributed by atoms with Crippen molar-refractivity contribution >= 4 is 0 Å². The summed E-state index contributed by atoms with van der Waals surface area (Å²) in [5.74, 6) is 0.466. The third-order valence-electron chi connectivity index (χ3n) is 4.37. The number of rotatable bonds is 2. The molecule has 20 heavy (non-hydrogen) atoms. The number of hydrogen-bond donors (Lipinski definition) is 1. The van der Waals surface area contributed by atoms with Crippen molar-refractivity contribution < 1.29 is 0 Å². The summed E-state index contributed by atoms with van der Waals surface area (Å²) in [6, 6.07) is 15.7. The Labute approximate surface area is 121 Å². The zero-order chi connectivity index (χ0) is 14.3. The molecule has 0 saturated carbocycles. The van der Waals surface area contributed by atoms with Crippen molar-refractivity contribution in [3.63, 3.8) is 0 Å². The van der Waals surface area contributed by atoms with Crippen molar-refractivity contribution in [1.82, 2.24) is 0 Å². The summed E-state index contributed by atoms with van der Waals surface area (Å²) >= 11 is 0. The lowest BCUT2D eigenvalue weighted by Gasteiger charge is -2.21. The SMILES string of the molecule is CC(C)(C)c1ccc2c(c1)C(CCN)c1ccccc1-2. The lowest BCUT2D eigenvalue weighted by molar-refractivity contribution is 0.588. The minimum Gasteiger partial charge on any atom is -0.330 e. The fourth-order valence-corrected chi connectivity index (χ4v) is 3.25. The van der Waals surface area contributed by atoms with Crippen LogP contribution >= 0.6 is 0 Å². The van der Waals surface area contributed by atoms with Crippen molar-refractivity contribution in [1.29, 1.82) is 0 Å². The molecule has 1 unspecified atom stereocenters. The Bertz CT molecular complexity index is 634. The highest BCUT2D eigenvalue weighted by molar-refractivity contribution is 5.79. The van der Waals surface area contributed by atoms with Crippen molar-refractivity contribution in [2.45, 2.75) is 38.5 Å². The van der Waals surface area contributed by atoms with Gasteiger partial charge in [-0.1, -0.05) is 63.2 Å². The maximum atomic E-state index is 5.85. The van der Waals surface area contributed by atoms with Crippen LogP contribution in [-0.2, 0) is 5.41 Å². The Hall–Kier alpha value is -1.60. The average Bonchev–Trinajstić information content (AvgIpc) is 2.73. The summed E-state index contributed by atoms with van der Waals surface area (Å²) in [6.07, 6.45) is 1.03. The first kappa shape index (κ1) is 13.4. The van der Waals surface area contributed by atoms with E-state index in [1.54, 1.807) is 0 Å². The fraction of sp³-hybridized carbons (Fsp3) is 0.368. The van der Waals surface area contributed by atoms with E-state index in [1.165, 1.54) is 27.8 Å². The van der Waals surface area contributed by atoms with Crippen molar-refractivity contribution in [3.8, 4) is 11.1 Å². The quantitative estimate of drug-likeness (QED) is 0.853. The molecule has 0 aliphatic heterocycles. The average molecular weight is 265 g/mol. The predicted octanol–water partition coefficient (Wildman–Crippen LogP) is 4.45. The van der Waals surface area contributed by atoms with E-state index in [4.69, 9.17) is 5.73 Å². The summed E-state index contributed by atoms with van der Waals surface area (Å²) in [7, 11) is 0. The molecule has 0 radical (unpaired) electrons. The summed E-state index contributed by atoms with van der Waals surface area (Å²) in [6.45, 7) is 7.55. The van der Waals surface area contributed by atoms with E-state index in [0.717, 1.165) is 13.0 Å². The van der Waals surface area contributed by atoms with E-state index in [-0.39, 0.29) is 5.41 Å². The molecule has 0 aromatic heterocycles. The van der Waals surface area contributed by atoms with E-state index in [1.807, 2.05) is 0 Å². The first-order valence-corrected chi connectivity index (χ1v) is 7.46. The Morgan fingerprint density at radius 3 is 2.35 bits per heavy atom. The van der Waals surface area contributed by atoms with Crippen molar-refractivity contribution in [2.24, 2.45) is 5.73 Å². The van der Waals surface area contributed by atoms with Crippen molar-refractivity contribution in [3.05, 3.63) is 59.2 Å². The maximum absolute atomic E-state index is 5.85. The number of hydrogen-bond acceptors (Lipinski definition) is 1. The monoisotopic (exact) mass is 265 g/mol. The molecule has 2 N–H and O–H groups in total. The van der Waals surface area contributed by atoms with E-state index >= 15 is 0 Å². The Balaban J connectivity index is 2.17. The molecule has 0 fully saturated rings. The number of fused-ring (bicyclic) bond motifs is 3. The van der Waals surface area contributed by atoms with Crippen LogP contribution in [0.5, 0.6) is 0 Å². The van der Waals surface area contributed by atoms with Crippen LogP contribution in [0.15, 0.2) is 42.5 Å². The third kappa shape index (κ3) is 2.06. The van der Waals surface area contributed by atoms with Crippen LogP contribution in [-0.4, -0.2) is 6.54 Å². The summed E-state index contributed by atoms with van der Waals surface area (Å²) in [4.78, 5) is 0. The van der Waals surface area contributed by atoms with Gasteiger partial charge in [-0.15, -0.1) is 0 Å². The molecule has 1 heteroatoms. The van der Waals surface area contributed by atoms with E-state index < -0.39 is 0 Å². The van der Waals surface area contributed by atoms with E-state index in [9.17, 15) is 0 Å². The molecule has 1 atom stereocenters. The highest BCUT2D eigenvalue weighted by Crippen LogP contribution is 2.47. The van der Waals surface area contributed by atoms with E-state index in [0.29, 0.717) is 5.92 Å². The smallest absolute Gasteiger partial charge is 0.0114 e. The minimum atomic E-state index is 0.192. The second kappa shape index (κ2) is 4.75. The highest BCUT2D eigenvalue weighted by Gasteiger charge is 2.29. The molecule has 104 valence electrons. The topological polar surface area (TPSA) is 26.0 Å². The van der Waals surface area contributed by atoms with Gasteiger partial charge in [-0.05, 0) is 46.2 Å². The van der Waals surface area contributed by atoms with Gasteiger partial charge in [0.1, 0.15) is 0 Å². The number of nitrogens with two attached hydrogens (primary N) is 1. The first-order chi connectivity index (χ1) is 9.52. The van der Waals surface area contributed by atoms with Crippen LogP contribution in [0.3, 0.4) is 0 Å². The number of benzene rings is 2. The molecule has 2 aromatic carbocycles. The van der Waals surface area contributed by atoms with Crippen LogP contribution in [0, 0.1) is 0 Å². The second-order valence-electron chi connectivity index (χ2n) is 6.77. The van der Waals surface area contributed by atoms with Crippen LogP contribution in [0.1, 0.15) is 49.8 Å². The Morgan fingerprint density at radius 2 is 1.65 bits per heavy atom. The Kier molecular flexibility index (Phi) is 3.18. The lowest BCUT2D eigenvalue weighted by atomic mass is 9.83. The molecule has 0 heterocycles. The molecular weight excluding hydrogens is 242 g/mol. The van der Waals surface area contributed by atoms with Crippen LogP contribution < -0.4 is 5.73 Å². The van der Waals surface area contributed by atoms with Gasteiger partial charge in [0.15, 0.2) is 0 Å². The third-order valence-corrected chi connectivity index (χ3v) is 4.37. The van der Waals surface area contributed by atoms with Gasteiger partial charge in [-0.3, -0.25) is 0 Å². The molecule has 0 spiro atoms. The first-order valence-electron chi connectivity index (χ1n) is 7.46. The minimum absolute atomic E-state index is 0.192. The Morgan fingerprint density at radius 1 is 0.950 bits per heavy atom. The fourth-order valence-electron chi connectivity index (χ4n) is 3.25. The van der Waals surface area contributed by atoms with Gasteiger partial charge in [0, 0.05) is 5.92 Å². The van der Waals surface area contributed by atoms with Gasteiger partial charge in [0.05, 0.1) is 0 Å². The standard InChI is InChI=1S/C19H23N/c1-19(2,3)13-8-9-16-14-6-4-5-7-15(14)17(10-11-20)18(16)12-13/h4-9,12,17H,10-11,20H2,1-3H3. The highest BCUT2D eigenvalue weighted by atomic mass is 14.5. The molecule has 2 aromatic rings. The maximum Gasteiger partial charge on any atom is 0.0114 e. The van der Waals surface area contributed by atoms with Crippen LogP contribution in [0.25, 0.3) is 11.1 Å². The molecule has 0 saturated heterocycles. The van der Waals surface area contributed by atoms with Gasteiger partial charge in [-0.25, -0.2) is 0 Å². The summed E-state index contributed by atoms with van der Waals surface area (Å²) < 4.78 is 0. The molecular formula is C19H23N. The van der Waals surface area contributed by atoms with E-state index in [2.05, 4.69) is 63.2 Å². The van der Waals surface area contributed by atoms with Gasteiger partial charge in [0.25, 0.3) is 0 Å². The molecule has 3 rings (SSSR count). The second-order valence-corrected chi connectivity index (χ2v) is 6.77. The van der Waals surface area contributed by atoms with Crippen LogP contribution in [0.2, 0.25) is 0 Å². The molecule has 1 aliphatic carbocycles. The largest absolute Gasteiger partial charge is 0.330 e. The lowest BCUT2D eigenvalue weighted by Crippen LogP contribution is -2.12. The van der Waals surface area contributed by atoms with Gasteiger partial charge in [0.2, 0.25) is 0 Å². The molecule has 1 aliphatic rings. The zero-order valence-electron chi connectivity index (χ0n) is 12.6.